The Bertz CT molecular complexity index is 1270. The molecule has 3 heterocycles. The second kappa shape index (κ2) is 5.11. The van der Waals surface area contributed by atoms with Gasteiger partial charge in [0.1, 0.15) is 17.4 Å². The van der Waals surface area contributed by atoms with Gasteiger partial charge in [0.25, 0.3) is 0 Å². The highest BCUT2D eigenvalue weighted by Crippen LogP contribution is 2.36. The molecule has 0 spiro atoms. The Balaban J connectivity index is 1.92. The molecule has 2 aromatic carbocycles. The van der Waals surface area contributed by atoms with Crippen molar-refractivity contribution in [3.8, 4) is 11.3 Å². The highest BCUT2D eigenvalue weighted by atomic mass is 16.3. The Morgan fingerprint density at radius 2 is 1.80 bits per heavy atom. The Morgan fingerprint density at radius 3 is 2.72 bits per heavy atom. The monoisotopic (exact) mass is 326 g/mol. The number of aromatic nitrogens is 3. The molecule has 0 aliphatic heterocycles. The Hall–Kier alpha value is -3.27. The first-order chi connectivity index (χ1) is 12.2. The number of aryl methyl sites for hydroxylation is 2. The van der Waals surface area contributed by atoms with Gasteiger partial charge in [-0.1, -0.05) is 30.3 Å². The van der Waals surface area contributed by atoms with Crippen molar-refractivity contribution in [2.45, 2.75) is 6.92 Å². The molecule has 0 atom stereocenters. The molecule has 4 nitrogen and oxygen atoms in total. The van der Waals surface area contributed by atoms with E-state index in [0.717, 1.165) is 49.9 Å². The van der Waals surface area contributed by atoms with Gasteiger partial charge in [-0.05, 0) is 35.7 Å². The molecule has 0 radical (unpaired) electrons. The van der Waals surface area contributed by atoms with E-state index in [1.165, 1.54) is 0 Å². The number of nitrogens with zero attached hydrogens (tertiary/aromatic N) is 3. The molecule has 0 saturated heterocycles. The van der Waals surface area contributed by atoms with E-state index in [2.05, 4.69) is 39.7 Å². The fraction of sp³-hybridized carbons (Fsp3) is 0.0952. The molecule has 120 valence electrons. The van der Waals surface area contributed by atoms with Gasteiger partial charge in [0, 0.05) is 10.8 Å². The summed E-state index contributed by atoms with van der Waals surface area (Å²) in [7, 11) is 2.02. The Labute approximate surface area is 144 Å². The summed E-state index contributed by atoms with van der Waals surface area (Å²) in [6, 6.07) is 16.3. The van der Waals surface area contributed by atoms with Crippen LogP contribution in [0, 0.1) is 6.92 Å². The van der Waals surface area contributed by atoms with Crippen molar-refractivity contribution in [2.24, 2.45) is 7.05 Å². The van der Waals surface area contributed by atoms with Gasteiger partial charge in [-0.15, -0.1) is 0 Å². The zero-order chi connectivity index (χ0) is 17.0. The number of hydrogen-bond acceptors (Lipinski definition) is 3. The Kier molecular flexibility index (Phi) is 2.88. The minimum Gasteiger partial charge on any atom is -0.455 e. The summed E-state index contributed by atoms with van der Waals surface area (Å²) in [5.41, 5.74) is 6.74. The van der Waals surface area contributed by atoms with Crippen LogP contribution in [-0.4, -0.2) is 9.97 Å². The predicted molar refractivity (Wildman–Crippen MR) is 98.2 cm³/mol. The number of benzene rings is 2. The molecule has 5 rings (SSSR count). The van der Waals surface area contributed by atoms with Crippen LogP contribution in [0.2, 0.25) is 0 Å². The molecule has 0 aliphatic rings. The van der Waals surface area contributed by atoms with Crippen molar-refractivity contribution < 1.29 is 8.98 Å². The molecule has 0 fully saturated rings. The SMILES string of the molecule is Cc1ccc2c(oc3ccccc32)c1-c1cnc2cccnc2[n+]1C. The highest BCUT2D eigenvalue weighted by molar-refractivity contribution is 6.09. The van der Waals surface area contributed by atoms with E-state index < -0.39 is 0 Å². The van der Waals surface area contributed by atoms with Crippen molar-refractivity contribution in [1.29, 1.82) is 0 Å². The van der Waals surface area contributed by atoms with E-state index in [4.69, 9.17) is 4.42 Å². The lowest BCUT2D eigenvalue weighted by molar-refractivity contribution is -0.635. The van der Waals surface area contributed by atoms with Gasteiger partial charge in [-0.3, -0.25) is 0 Å². The highest BCUT2D eigenvalue weighted by Gasteiger charge is 2.21. The lowest BCUT2D eigenvalue weighted by atomic mass is 10.0. The van der Waals surface area contributed by atoms with Gasteiger partial charge in [-0.2, -0.15) is 0 Å². The van der Waals surface area contributed by atoms with E-state index in [0.29, 0.717) is 0 Å². The lowest BCUT2D eigenvalue weighted by Gasteiger charge is -2.08. The van der Waals surface area contributed by atoms with Crippen molar-refractivity contribution in [1.82, 2.24) is 9.97 Å². The van der Waals surface area contributed by atoms with Crippen molar-refractivity contribution >= 4 is 33.1 Å². The van der Waals surface area contributed by atoms with Crippen molar-refractivity contribution in [2.75, 3.05) is 0 Å². The van der Waals surface area contributed by atoms with Gasteiger partial charge < -0.3 is 4.42 Å². The average molecular weight is 326 g/mol. The largest absolute Gasteiger partial charge is 0.455 e. The summed E-state index contributed by atoms with van der Waals surface area (Å²) in [6.45, 7) is 2.10. The van der Waals surface area contributed by atoms with E-state index in [1.54, 1.807) is 6.20 Å². The number of hydrogen-bond donors (Lipinski definition) is 0. The van der Waals surface area contributed by atoms with Gasteiger partial charge in [-0.25, -0.2) is 9.55 Å². The second-order valence-electron chi connectivity index (χ2n) is 6.28. The van der Waals surface area contributed by atoms with E-state index >= 15 is 0 Å². The standard InChI is InChI=1S/C21H16N3O/c1-13-9-10-15-14-6-3-4-8-18(14)25-20(15)19(13)17-12-23-16-7-5-11-22-21(16)24(17)2/h3-12H,1-2H3/q+1. The molecule has 0 amide bonds. The minimum atomic E-state index is 0.854. The third kappa shape index (κ3) is 1.97. The average Bonchev–Trinajstić information content (AvgIpc) is 3.01. The van der Waals surface area contributed by atoms with E-state index in [1.807, 2.05) is 43.6 Å². The van der Waals surface area contributed by atoms with E-state index in [-0.39, 0.29) is 0 Å². The smallest absolute Gasteiger partial charge is 0.349 e. The molecule has 5 aromatic rings. The molecular weight excluding hydrogens is 310 g/mol. The topological polar surface area (TPSA) is 42.8 Å². The molecule has 4 heteroatoms. The quantitative estimate of drug-likeness (QED) is 0.431. The maximum atomic E-state index is 6.22. The molecule has 0 saturated carbocycles. The first kappa shape index (κ1) is 14.1. The number of fused-ring (bicyclic) bond motifs is 4. The zero-order valence-electron chi connectivity index (χ0n) is 14.0. The van der Waals surface area contributed by atoms with Crippen LogP contribution in [0.25, 0.3) is 44.4 Å². The van der Waals surface area contributed by atoms with Crippen LogP contribution in [0.5, 0.6) is 0 Å². The predicted octanol–water partition coefficient (Wildman–Crippen LogP) is 4.33. The van der Waals surface area contributed by atoms with Crippen LogP contribution in [0.3, 0.4) is 0 Å². The van der Waals surface area contributed by atoms with Gasteiger partial charge in [0.15, 0.2) is 11.2 Å². The lowest BCUT2D eigenvalue weighted by Crippen LogP contribution is -2.33. The summed E-state index contributed by atoms with van der Waals surface area (Å²) in [6.07, 6.45) is 3.70. The zero-order valence-corrected chi connectivity index (χ0v) is 14.0. The Morgan fingerprint density at radius 1 is 0.920 bits per heavy atom. The maximum Gasteiger partial charge on any atom is 0.349 e. The van der Waals surface area contributed by atoms with Crippen LogP contribution >= 0.6 is 0 Å². The molecule has 0 aliphatic carbocycles. The number of furan rings is 1. The molecule has 0 bridgehead atoms. The molecular formula is C21H16N3O+. The number of pyridine rings is 1. The molecule has 0 unspecified atom stereocenters. The third-order valence-electron chi connectivity index (χ3n) is 4.78. The molecule has 25 heavy (non-hydrogen) atoms. The van der Waals surface area contributed by atoms with E-state index in [9.17, 15) is 0 Å². The second-order valence-corrected chi connectivity index (χ2v) is 6.28. The number of rotatable bonds is 1. The van der Waals surface area contributed by atoms with Gasteiger partial charge in [0.2, 0.25) is 0 Å². The van der Waals surface area contributed by atoms with Gasteiger partial charge in [0.05, 0.1) is 18.8 Å². The summed E-state index contributed by atoms with van der Waals surface area (Å²) in [5.74, 6) is 0. The fourth-order valence-corrected chi connectivity index (χ4v) is 3.52. The third-order valence-corrected chi connectivity index (χ3v) is 4.78. The summed E-state index contributed by atoms with van der Waals surface area (Å²) in [5, 5.41) is 2.26. The minimum absolute atomic E-state index is 0.854. The maximum absolute atomic E-state index is 6.22. The van der Waals surface area contributed by atoms with Crippen LogP contribution in [-0.2, 0) is 7.05 Å². The van der Waals surface area contributed by atoms with Gasteiger partial charge >= 0.3 is 5.65 Å². The van der Waals surface area contributed by atoms with Crippen LogP contribution < -0.4 is 4.57 Å². The normalized spacial score (nSPS) is 11.6. The van der Waals surface area contributed by atoms with Crippen LogP contribution in [0.4, 0.5) is 0 Å². The van der Waals surface area contributed by atoms with Crippen LogP contribution in [0.15, 0.2) is 65.3 Å². The van der Waals surface area contributed by atoms with Crippen molar-refractivity contribution in [3.63, 3.8) is 0 Å². The fourth-order valence-electron chi connectivity index (χ4n) is 3.52. The molecule has 0 N–H and O–H groups in total. The summed E-state index contributed by atoms with van der Waals surface area (Å²) < 4.78 is 8.31. The first-order valence-electron chi connectivity index (χ1n) is 8.25. The number of para-hydroxylation sites is 1. The molecule has 3 aromatic heterocycles. The summed E-state index contributed by atoms with van der Waals surface area (Å²) >= 11 is 0. The van der Waals surface area contributed by atoms with Crippen molar-refractivity contribution in [3.05, 3.63) is 66.5 Å². The summed E-state index contributed by atoms with van der Waals surface area (Å²) in [4.78, 5) is 9.08. The first-order valence-corrected chi connectivity index (χ1v) is 8.25. The van der Waals surface area contributed by atoms with Crippen LogP contribution in [0.1, 0.15) is 5.56 Å².